The second-order valence-corrected chi connectivity index (χ2v) is 8.87. The molecule has 28 heavy (non-hydrogen) atoms. The number of sulfonamides is 1. The van der Waals surface area contributed by atoms with Crippen LogP contribution in [-0.4, -0.2) is 32.1 Å². The Morgan fingerprint density at radius 2 is 2.07 bits per heavy atom. The van der Waals surface area contributed by atoms with E-state index in [1.807, 2.05) is 19.1 Å². The Hall–Kier alpha value is -2.12. The molecule has 1 aliphatic carbocycles. The topological polar surface area (TPSA) is 92.7 Å². The monoisotopic (exact) mass is 407 g/mol. The molecule has 1 aromatic carbocycles. The number of rotatable bonds is 10. The average molecular weight is 408 g/mol. The molecule has 0 heterocycles. The van der Waals surface area contributed by atoms with Crippen LogP contribution in [0.4, 0.5) is 0 Å². The van der Waals surface area contributed by atoms with E-state index < -0.39 is 21.5 Å². The lowest BCUT2D eigenvalue weighted by atomic mass is 9.81. The molecule has 0 radical (unpaired) electrons. The fourth-order valence-electron chi connectivity index (χ4n) is 3.74. The maximum atomic E-state index is 12.7. The number of hydrogen-bond donors (Lipinski definition) is 2. The second-order valence-electron chi connectivity index (χ2n) is 7.31. The predicted molar refractivity (Wildman–Crippen MR) is 110 cm³/mol. The number of carboxylic acid groups (broad SMARTS) is 1. The molecule has 1 aliphatic rings. The summed E-state index contributed by atoms with van der Waals surface area (Å²) in [6.45, 7) is 2.04. The molecule has 1 saturated carbocycles. The minimum atomic E-state index is -3.61. The molecule has 7 heteroatoms. The van der Waals surface area contributed by atoms with Gasteiger partial charge in [-0.25, -0.2) is 17.9 Å². The molecule has 154 valence electrons. The van der Waals surface area contributed by atoms with Crippen LogP contribution in [0.15, 0.2) is 41.8 Å². The van der Waals surface area contributed by atoms with Crippen molar-refractivity contribution in [3.8, 4) is 5.75 Å². The van der Waals surface area contributed by atoms with Gasteiger partial charge in [0.15, 0.2) is 0 Å². The maximum Gasteiger partial charge on any atom is 0.327 e. The van der Waals surface area contributed by atoms with E-state index in [-0.39, 0.29) is 5.92 Å². The van der Waals surface area contributed by atoms with Crippen molar-refractivity contribution in [1.82, 2.24) is 4.72 Å². The molecule has 1 aromatic rings. The van der Waals surface area contributed by atoms with E-state index in [0.29, 0.717) is 12.2 Å². The molecule has 0 aromatic heterocycles. The lowest BCUT2D eigenvalue weighted by Gasteiger charge is -2.35. The van der Waals surface area contributed by atoms with E-state index in [2.05, 4.69) is 4.72 Å². The van der Waals surface area contributed by atoms with Gasteiger partial charge in [0.05, 0.1) is 7.11 Å². The number of benzene rings is 1. The smallest absolute Gasteiger partial charge is 0.327 e. The molecule has 0 bridgehead atoms. The number of aliphatic carboxylic acids is 1. The molecular weight excluding hydrogens is 378 g/mol. The average Bonchev–Trinajstić information content (AvgIpc) is 3.12. The largest absolute Gasteiger partial charge is 0.497 e. The van der Waals surface area contributed by atoms with Gasteiger partial charge in [0, 0.05) is 17.0 Å². The molecule has 0 saturated heterocycles. The van der Waals surface area contributed by atoms with Crippen molar-refractivity contribution in [2.24, 2.45) is 5.92 Å². The van der Waals surface area contributed by atoms with Crippen LogP contribution >= 0.6 is 0 Å². The van der Waals surface area contributed by atoms with Crippen molar-refractivity contribution in [1.29, 1.82) is 0 Å². The van der Waals surface area contributed by atoms with Crippen LogP contribution in [0.2, 0.25) is 0 Å². The Balaban J connectivity index is 2.08. The number of carbonyl (C=O) groups is 1. The highest BCUT2D eigenvalue weighted by Crippen LogP contribution is 2.38. The number of nitrogens with one attached hydrogen (secondary N) is 1. The fourth-order valence-corrected chi connectivity index (χ4v) is 5.11. The van der Waals surface area contributed by atoms with E-state index >= 15 is 0 Å². The van der Waals surface area contributed by atoms with Crippen LogP contribution in [0.3, 0.4) is 0 Å². The summed E-state index contributed by atoms with van der Waals surface area (Å²) in [5, 5.41) is 9.89. The standard InChI is InChI=1S/C21H29NO5S/c1-17(8-3-4-11-20(23)24)21(13-5-6-14-21)22-28(25,26)15-12-18-9-7-10-19(16-18)27-2/h4,7,9-12,15-17,22H,3,5-6,8,13-14H2,1-2H3,(H,23,24). The molecule has 0 aliphatic heterocycles. The molecule has 0 amide bonds. The molecule has 0 spiro atoms. The first-order valence-electron chi connectivity index (χ1n) is 9.52. The lowest BCUT2D eigenvalue weighted by molar-refractivity contribution is -0.131. The summed E-state index contributed by atoms with van der Waals surface area (Å²) in [7, 11) is -2.05. The molecular formula is C21H29NO5S. The van der Waals surface area contributed by atoms with Crippen LogP contribution in [0.25, 0.3) is 6.08 Å². The summed E-state index contributed by atoms with van der Waals surface area (Å²) in [4.78, 5) is 10.6. The lowest BCUT2D eigenvalue weighted by Crippen LogP contribution is -2.50. The molecule has 6 nitrogen and oxygen atoms in total. The summed E-state index contributed by atoms with van der Waals surface area (Å²) in [5.41, 5.74) is 0.270. The van der Waals surface area contributed by atoms with Crippen LogP contribution in [0.5, 0.6) is 5.75 Å². The Kier molecular flexibility index (Phi) is 7.83. The number of ether oxygens (including phenoxy) is 1. The molecule has 1 fully saturated rings. The summed E-state index contributed by atoms with van der Waals surface area (Å²) < 4.78 is 33.5. The van der Waals surface area contributed by atoms with Crippen molar-refractivity contribution in [2.45, 2.75) is 51.0 Å². The molecule has 1 unspecified atom stereocenters. The van der Waals surface area contributed by atoms with Gasteiger partial charge in [0.1, 0.15) is 5.75 Å². The SMILES string of the molecule is COc1cccc(C=CS(=O)(=O)NC2(C(C)CCC=CC(=O)O)CCCC2)c1. The highest BCUT2D eigenvalue weighted by molar-refractivity contribution is 7.92. The Morgan fingerprint density at radius 1 is 1.36 bits per heavy atom. The van der Waals surface area contributed by atoms with Crippen LogP contribution in [0, 0.1) is 5.92 Å². The van der Waals surface area contributed by atoms with Gasteiger partial charge in [-0.1, -0.05) is 38.0 Å². The normalized spacial score (nSPS) is 17.9. The third-order valence-electron chi connectivity index (χ3n) is 5.34. The van der Waals surface area contributed by atoms with Crippen LogP contribution in [0.1, 0.15) is 51.0 Å². The summed E-state index contributed by atoms with van der Waals surface area (Å²) in [6.07, 6.45) is 9.21. The fraction of sp³-hybridized carbons (Fsp3) is 0.476. The van der Waals surface area contributed by atoms with Crippen molar-refractivity contribution < 1.29 is 23.1 Å². The van der Waals surface area contributed by atoms with E-state index in [1.54, 1.807) is 31.4 Å². The van der Waals surface area contributed by atoms with E-state index in [0.717, 1.165) is 43.7 Å². The first-order valence-corrected chi connectivity index (χ1v) is 11.1. The minimum absolute atomic E-state index is 0.105. The number of allylic oxidation sites excluding steroid dienone is 1. The molecule has 2 N–H and O–H groups in total. The van der Waals surface area contributed by atoms with Crippen LogP contribution < -0.4 is 9.46 Å². The van der Waals surface area contributed by atoms with Gasteiger partial charge < -0.3 is 9.84 Å². The van der Waals surface area contributed by atoms with Crippen molar-refractivity contribution in [3.05, 3.63) is 47.4 Å². The van der Waals surface area contributed by atoms with Gasteiger partial charge in [-0.2, -0.15) is 0 Å². The Morgan fingerprint density at radius 3 is 2.71 bits per heavy atom. The highest BCUT2D eigenvalue weighted by Gasteiger charge is 2.41. The van der Waals surface area contributed by atoms with E-state index in [9.17, 15) is 13.2 Å². The van der Waals surface area contributed by atoms with Crippen molar-refractivity contribution >= 4 is 22.1 Å². The third-order valence-corrected chi connectivity index (χ3v) is 6.53. The number of hydrogen-bond acceptors (Lipinski definition) is 4. The summed E-state index contributed by atoms with van der Waals surface area (Å²) in [6, 6.07) is 7.20. The van der Waals surface area contributed by atoms with Gasteiger partial charge >= 0.3 is 5.97 Å². The second kappa shape index (κ2) is 9.89. The highest BCUT2D eigenvalue weighted by atomic mass is 32.2. The van der Waals surface area contributed by atoms with E-state index in [4.69, 9.17) is 9.84 Å². The Bertz CT molecular complexity index is 823. The van der Waals surface area contributed by atoms with E-state index in [1.165, 1.54) is 5.41 Å². The molecule has 1 atom stereocenters. The zero-order valence-corrected chi connectivity index (χ0v) is 17.2. The van der Waals surface area contributed by atoms with Gasteiger partial charge in [-0.3, -0.25) is 0 Å². The molecule has 2 rings (SSSR count). The van der Waals surface area contributed by atoms with Gasteiger partial charge in [-0.05, 0) is 55.4 Å². The van der Waals surface area contributed by atoms with Gasteiger partial charge in [0.25, 0.3) is 0 Å². The zero-order chi connectivity index (χ0) is 20.6. The quantitative estimate of drug-likeness (QED) is 0.573. The van der Waals surface area contributed by atoms with Crippen LogP contribution in [-0.2, 0) is 14.8 Å². The van der Waals surface area contributed by atoms with Gasteiger partial charge in [-0.15, -0.1) is 0 Å². The Labute approximate surface area is 167 Å². The maximum absolute atomic E-state index is 12.7. The number of carboxylic acids is 1. The first kappa shape index (κ1) is 22.2. The first-order chi connectivity index (χ1) is 13.3. The van der Waals surface area contributed by atoms with Crippen molar-refractivity contribution in [3.63, 3.8) is 0 Å². The predicted octanol–water partition coefficient (Wildman–Crippen LogP) is 3.96. The zero-order valence-electron chi connectivity index (χ0n) is 16.4. The van der Waals surface area contributed by atoms with Crippen molar-refractivity contribution in [2.75, 3.05) is 7.11 Å². The minimum Gasteiger partial charge on any atom is -0.497 e. The summed E-state index contributed by atoms with van der Waals surface area (Å²) in [5.74, 6) is -0.192. The number of methoxy groups -OCH3 is 1. The third kappa shape index (κ3) is 6.49. The van der Waals surface area contributed by atoms with Gasteiger partial charge in [0.2, 0.25) is 10.0 Å². The summed E-state index contributed by atoms with van der Waals surface area (Å²) >= 11 is 0.